The maximum Gasteiger partial charge on any atom is 0.107 e. The van der Waals surface area contributed by atoms with Gasteiger partial charge < -0.3 is 0 Å². The summed E-state index contributed by atoms with van der Waals surface area (Å²) < 4.78 is 0. The molecule has 0 aliphatic carbocycles. The van der Waals surface area contributed by atoms with E-state index < -0.39 is 5.41 Å². The zero-order chi connectivity index (χ0) is 18.4. The van der Waals surface area contributed by atoms with Crippen LogP contribution in [0.2, 0.25) is 0 Å². The van der Waals surface area contributed by atoms with Crippen LogP contribution < -0.4 is 0 Å². The zero-order valence-corrected chi connectivity index (χ0v) is 15.0. The van der Waals surface area contributed by atoms with Crippen LogP contribution in [0.3, 0.4) is 0 Å². The van der Waals surface area contributed by atoms with Crippen molar-refractivity contribution in [1.82, 2.24) is 0 Å². The number of benzene rings is 4. The Hall–Kier alpha value is -3.56. The van der Waals surface area contributed by atoms with E-state index in [2.05, 4.69) is 115 Å². The van der Waals surface area contributed by atoms with Gasteiger partial charge in [0.1, 0.15) is 5.41 Å². The first-order chi connectivity index (χ1) is 13.4. The maximum atomic E-state index is 3.65. The highest BCUT2D eigenvalue weighted by molar-refractivity contribution is 5.59. The lowest BCUT2D eigenvalue weighted by molar-refractivity contribution is 0.809. The summed E-state index contributed by atoms with van der Waals surface area (Å²) in [5, 5.41) is 0. The molecule has 0 fully saturated rings. The third kappa shape index (κ3) is 3.41. The van der Waals surface area contributed by atoms with Gasteiger partial charge in [0, 0.05) is 5.56 Å². The standard InChI is InChI=1S/C27H20/c1-5-13-23(14-6-1)21-22-27(24-15-7-2-8-16-24,25-17-9-3-10-18-25)26-19-11-4-12-20-26/h1-20H. The van der Waals surface area contributed by atoms with Crippen molar-refractivity contribution in [2.75, 3.05) is 0 Å². The number of rotatable bonds is 3. The predicted octanol–water partition coefficient (Wildman–Crippen LogP) is 6.07. The summed E-state index contributed by atoms with van der Waals surface area (Å²) >= 11 is 0. The van der Waals surface area contributed by atoms with Gasteiger partial charge in [0.15, 0.2) is 0 Å². The summed E-state index contributed by atoms with van der Waals surface area (Å²) in [6, 6.07) is 41.8. The fourth-order valence-electron chi connectivity index (χ4n) is 3.47. The molecular weight excluding hydrogens is 324 g/mol. The second-order valence-corrected chi connectivity index (χ2v) is 6.46. The van der Waals surface area contributed by atoms with Gasteiger partial charge in [-0.05, 0) is 28.8 Å². The average Bonchev–Trinajstić information content (AvgIpc) is 2.77. The first kappa shape index (κ1) is 16.9. The Balaban J connectivity index is 2.03. The lowest BCUT2D eigenvalue weighted by Crippen LogP contribution is -2.27. The Morgan fingerprint density at radius 1 is 0.407 bits per heavy atom. The van der Waals surface area contributed by atoms with Crippen LogP contribution in [0.1, 0.15) is 22.3 Å². The van der Waals surface area contributed by atoms with Crippen molar-refractivity contribution in [1.29, 1.82) is 0 Å². The van der Waals surface area contributed by atoms with E-state index >= 15 is 0 Å². The molecule has 0 spiro atoms. The third-order valence-corrected chi connectivity index (χ3v) is 4.79. The minimum absolute atomic E-state index is 0.528. The van der Waals surface area contributed by atoms with E-state index in [-0.39, 0.29) is 0 Å². The molecule has 4 aromatic carbocycles. The molecule has 0 aliphatic heterocycles. The molecule has 0 aliphatic rings. The molecule has 0 radical (unpaired) electrons. The van der Waals surface area contributed by atoms with Gasteiger partial charge in [0.2, 0.25) is 0 Å². The van der Waals surface area contributed by atoms with Crippen molar-refractivity contribution in [2.24, 2.45) is 0 Å². The molecule has 128 valence electrons. The Morgan fingerprint density at radius 3 is 1.11 bits per heavy atom. The van der Waals surface area contributed by atoms with Crippen LogP contribution in [-0.4, -0.2) is 0 Å². The second kappa shape index (κ2) is 7.77. The van der Waals surface area contributed by atoms with E-state index in [1.807, 2.05) is 18.2 Å². The molecule has 27 heavy (non-hydrogen) atoms. The highest BCUT2D eigenvalue weighted by Gasteiger charge is 2.34. The van der Waals surface area contributed by atoms with Gasteiger partial charge in [0.05, 0.1) is 0 Å². The van der Waals surface area contributed by atoms with Gasteiger partial charge in [0.25, 0.3) is 0 Å². The molecule has 4 aromatic rings. The predicted molar refractivity (Wildman–Crippen MR) is 113 cm³/mol. The van der Waals surface area contributed by atoms with Gasteiger partial charge >= 0.3 is 0 Å². The van der Waals surface area contributed by atoms with Crippen LogP contribution in [0.25, 0.3) is 0 Å². The first-order valence-electron chi connectivity index (χ1n) is 9.14. The molecule has 0 heteroatoms. The zero-order valence-electron chi connectivity index (χ0n) is 15.0. The van der Waals surface area contributed by atoms with Crippen LogP contribution in [0.5, 0.6) is 0 Å². The van der Waals surface area contributed by atoms with Crippen molar-refractivity contribution in [2.45, 2.75) is 5.41 Å². The maximum absolute atomic E-state index is 3.65. The lowest BCUT2D eigenvalue weighted by atomic mass is 9.70. The van der Waals surface area contributed by atoms with E-state index in [0.717, 1.165) is 5.56 Å². The molecule has 0 N–H and O–H groups in total. The summed E-state index contributed by atoms with van der Waals surface area (Å²) in [6.07, 6.45) is 0. The Labute approximate surface area is 161 Å². The number of hydrogen-bond acceptors (Lipinski definition) is 0. The van der Waals surface area contributed by atoms with Crippen LogP contribution in [-0.2, 0) is 5.41 Å². The quantitative estimate of drug-likeness (QED) is 0.312. The highest BCUT2D eigenvalue weighted by Crippen LogP contribution is 2.38. The number of hydrogen-bond donors (Lipinski definition) is 0. The van der Waals surface area contributed by atoms with Crippen LogP contribution in [0, 0.1) is 11.8 Å². The van der Waals surface area contributed by atoms with E-state index in [0.29, 0.717) is 0 Å². The molecule has 0 atom stereocenters. The smallest absolute Gasteiger partial charge is 0.0765 e. The molecule has 0 amide bonds. The largest absolute Gasteiger partial charge is 0.107 e. The van der Waals surface area contributed by atoms with E-state index in [4.69, 9.17) is 0 Å². The summed E-state index contributed by atoms with van der Waals surface area (Å²) in [7, 11) is 0. The summed E-state index contributed by atoms with van der Waals surface area (Å²) in [5.41, 5.74) is 4.01. The summed E-state index contributed by atoms with van der Waals surface area (Å²) in [6.45, 7) is 0. The molecule has 4 rings (SSSR count). The monoisotopic (exact) mass is 344 g/mol. The van der Waals surface area contributed by atoms with Crippen molar-refractivity contribution in [3.63, 3.8) is 0 Å². The average molecular weight is 344 g/mol. The molecule has 0 saturated carbocycles. The Bertz CT molecular complexity index is 941. The fraction of sp³-hybridized carbons (Fsp3) is 0.0370. The molecule has 0 nitrogen and oxygen atoms in total. The van der Waals surface area contributed by atoms with Gasteiger partial charge in [-0.1, -0.05) is 121 Å². The van der Waals surface area contributed by atoms with Gasteiger partial charge in [-0.3, -0.25) is 0 Å². The van der Waals surface area contributed by atoms with E-state index in [1.54, 1.807) is 0 Å². The molecule has 0 aromatic heterocycles. The third-order valence-electron chi connectivity index (χ3n) is 4.79. The minimum Gasteiger partial charge on any atom is -0.0765 e. The molecule has 0 saturated heterocycles. The molecular formula is C27H20. The normalized spacial score (nSPS) is 10.7. The summed E-state index contributed by atoms with van der Waals surface area (Å²) in [5.74, 6) is 7.08. The van der Waals surface area contributed by atoms with Crippen molar-refractivity contribution in [3.05, 3.63) is 144 Å². The molecule has 0 bridgehead atoms. The van der Waals surface area contributed by atoms with Crippen molar-refractivity contribution < 1.29 is 0 Å². The SMILES string of the molecule is C(#CC(c1ccccc1)(c1ccccc1)c1ccccc1)c1ccccc1. The Kier molecular flexibility index (Phi) is 4.86. The minimum atomic E-state index is -0.528. The lowest BCUT2D eigenvalue weighted by Gasteiger charge is -2.31. The van der Waals surface area contributed by atoms with Crippen LogP contribution >= 0.6 is 0 Å². The van der Waals surface area contributed by atoms with Crippen molar-refractivity contribution >= 4 is 0 Å². The van der Waals surface area contributed by atoms with Crippen molar-refractivity contribution in [3.8, 4) is 11.8 Å². The summed E-state index contributed by atoms with van der Waals surface area (Å²) in [4.78, 5) is 0. The fourth-order valence-corrected chi connectivity index (χ4v) is 3.47. The van der Waals surface area contributed by atoms with Gasteiger partial charge in [-0.25, -0.2) is 0 Å². The van der Waals surface area contributed by atoms with Gasteiger partial charge in [-0.2, -0.15) is 0 Å². The molecule has 0 heterocycles. The van der Waals surface area contributed by atoms with E-state index in [9.17, 15) is 0 Å². The highest BCUT2D eigenvalue weighted by atomic mass is 14.3. The topological polar surface area (TPSA) is 0 Å². The Morgan fingerprint density at radius 2 is 0.741 bits per heavy atom. The second-order valence-electron chi connectivity index (χ2n) is 6.46. The van der Waals surface area contributed by atoms with E-state index in [1.165, 1.54) is 16.7 Å². The van der Waals surface area contributed by atoms with Crippen LogP contribution in [0.15, 0.2) is 121 Å². The molecule has 0 unspecified atom stereocenters. The van der Waals surface area contributed by atoms with Crippen LogP contribution in [0.4, 0.5) is 0 Å². The van der Waals surface area contributed by atoms with Gasteiger partial charge in [-0.15, -0.1) is 0 Å². The first-order valence-corrected chi connectivity index (χ1v) is 9.14.